The fourth-order valence-corrected chi connectivity index (χ4v) is 4.04. The van der Waals surface area contributed by atoms with E-state index in [-0.39, 0.29) is 4.21 Å². The number of nitrogens with two attached hydrogens (primary N) is 1. The van der Waals surface area contributed by atoms with Crippen molar-refractivity contribution in [3.05, 3.63) is 50.8 Å². The molecule has 0 spiro atoms. The van der Waals surface area contributed by atoms with Gasteiger partial charge in [0.2, 0.25) is 10.0 Å². The van der Waals surface area contributed by atoms with Crippen molar-refractivity contribution in [3.63, 3.8) is 0 Å². The van der Waals surface area contributed by atoms with Gasteiger partial charge in [0.15, 0.2) is 5.96 Å². The van der Waals surface area contributed by atoms with Crippen LogP contribution in [-0.4, -0.2) is 21.4 Å². The summed E-state index contributed by atoms with van der Waals surface area (Å²) in [5.74, 6) is 0.562. The number of thiophene rings is 1. The van der Waals surface area contributed by atoms with Crippen LogP contribution in [0.1, 0.15) is 10.4 Å². The van der Waals surface area contributed by atoms with Crippen molar-refractivity contribution < 1.29 is 8.42 Å². The molecule has 1 heterocycles. The Balaban J connectivity index is 1.92. The Bertz CT molecular complexity index is 850. The van der Waals surface area contributed by atoms with Gasteiger partial charge in [0, 0.05) is 28.5 Å². The molecule has 6 nitrogen and oxygen atoms in total. The van der Waals surface area contributed by atoms with Gasteiger partial charge in [-0.05, 0) is 29.8 Å². The number of aliphatic imine (C=N–C) groups is 1. The summed E-state index contributed by atoms with van der Waals surface area (Å²) in [6.45, 7) is 0.900. The maximum Gasteiger partial charge on any atom is 0.247 e. The smallest absolute Gasteiger partial charge is 0.247 e. The van der Waals surface area contributed by atoms with Crippen LogP contribution in [0, 0.1) is 0 Å². The van der Waals surface area contributed by atoms with E-state index >= 15 is 0 Å². The molecule has 0 saturated carbocycles. The van der Waals surface area contributed by atoms with E-state index in [2.05, 4.69) is 15.6 Å². The van der Waals surface area contributed by atoms with E-state index in [1.54, 1.807) is 25.2 Å². The van der Waals surface area contributed by atoms with Gasteiger partial charge in [0.05, 0.1) is 6.54 Å². The van der Waals surface area contributed by atoms with Crippen LogP contribution in [0.4, 0.5) is 0 Å². The highest BCUT2D eigenvalue weighted by molar-refractivity contribution is 7.91. The Kier molecular flexibility index (Phi) is 6.47. The lowest BCUT2D eigenvalue weighted by molar-refractivity contribution is 0.600. The van der Waals surface area contributed by atoms with Crippen LogP contribution in [0.25, 0.3) is 0 Å². The van der Waals surface area contributed by atoms with Crippen LogP contribution in [0.5, 0.6) is 0 Å². The molecule has 0 amide bonds. The number of sulfonamides is 1. The number of nitrogens with one attached hydrogen (secondary N) is 2. The molecule has 0 fully saturated rings. The Morgan fingerprint density at radius 3 is 2.50 bits per heavy atom. The molecule has 0 aliphatic rings. The van der Waals surface area contributed by atoms with Crippen LogP contribution < -0.4 is 15.8 Å². The van der Waals surface area contributed by atoms with Crippen molar-refractivity contribution in [1.82, 2.24) is 10.6 Å². The fourth-order valence-electron chi connectivity index (χ4n) is 1.84. The number of hydrogen-bond acceptors (Lipinski definition) is 4. The molecule has 10 heteroatoms. The molecule has 0 radical (unpaired) electrons. The van der Waals surface area contributed by atoms with Crippen LogP contribution in [0.3, 0.4) is 0 Å². The quantitative estimate of drug-likeness (QED) is 0.524. The number of primary sulfonamides is 1. The molecule has 0 unspecified atom stereocenters. The molecule has 0 atom stereocenters. The summed E-state index contributed by atoms with van der Waals surface area (Å²) >= 11 is 13.1. The fraction of sp³-hybridized carbons (Fsp3) is 0.214. The molecule has 0 aliphatic carbocycles. The minimum atomic E-state index is -3.66. The molecular weight excluding hydrogens is 391 g/mol. The topological polar surface area (TPSA) is 96.6 Å². The van der Waals surface area contributed by atoms with Gasteiger partial charge >= 0.3 is 0 Å². The standard InChI is InChI=1S/C14H16Cl2N4O2S2/c1-18-14(19-7-9-2-3-10(15)6-12(9)16)20-8-11-4-5-13(23-11)24(17,21)22/h2-6H,7-8H2,1H3,(H2,17,21,22)(H2,18,19,20). The van der Waals surface area contributed by atoms with E-state index in [0.717, 1.165) is 21.8 Å². The highest BCUT2D eigenvalue weighted by Crippen LogP contribution is 2.21. The Labute approximate surface area is 154 Å². The molecule has 0 bridgehead atoms. The van der Waals surface area contributed by atoms with E-state index < -0.39 is 10.0 Å². The number of guanidine groups is 1. The zero-order valence-corrected chi connectivity index (χ0v) is 15.9. The average Bonchev–Trinajstić information content (AvgIpc) is 2.98. The van der Waals surface area contributed by atoms with Crippen LogP contribution in [0.15, 0.2) is 39.5 Å². The first-order valence-electron chi connectivity index (χ1n) is 6.79. The molecule has 1 aromatic carbocycles. The summed E-state index contributed by atoms with van der Waals surface area (Å²) in [6, 6.07) is 8.47. The van der Waals surface area contributed by atoms with Crippen molar-refractivity contribution >= 4 is 50.5 Å². The Morgan fingerprint density at radius 2 is 1.92 bits per heavy atom. The molecule has 1 aromatic heterocycles. The predicted octanol–water partition coefficient (Wildman–Crippen LogP) is 2.57. The van der Waals surface area contributed by atoms with Gasteiger partial charge in [-0.1, -0.05) is 29.3 Å². The number of hydrogen-bond donors (Lipinski definition) is 3. The summed E-state index contributed by atoms with van der Waals surface area (Å²) in [4.78, 5) is 4.93. The van der Waals surface area contributed by atoms with Gasteiger partial charge in [-0.25, -0.2) is 13.6 Å². The average molecular weight is 407 g/mol. The van der Waals surface area contributed by atoms with Crippen LogP contribution in [0.2, 0.25) is 10.0 Å². The van der Waals surface area contributed by atoms with E-state index in [9.17, 15) is 8.42 Å². The first-order chi connectivity index (χ1) is 11.3. The van der Waals surface area contributed by atoms with Crippen molar-refractivity contribution in [2.75, 3.05) is 7.05 Å². The van der Waals surface area contributed by atoms with E-state index in [1.165, 1.54) is 6.07 Å². The van der Waals surface area contributed by atoms with Gasteiger partial charge in [0.25, 0.3) is 0 Å². The summed E-state index contributed by atoms with van der Waals surface area (Å²) in [5, 5.41) is 12.5. The summed E-state index contributed by atoms with van der Waals surface area (Å²) in [7, 11) is -2.02. The summed E-state index contributed by atoms with van der Waals surface area (Å²) in [5.41, 5.74) is 0.886. The van der Waals surface area contributed by atoms with Gasteiger partial charge in [-0.15, -0.1) is 11.3 Å². The molecule has 4 N–H and O–H groups in total. The summed E-state index contributed by atoms with van der Waals surface area (Å²) in [6.07, 6.45) is 0. The third-order valence-corrected chi connectivity index (χ3v) is 6.14. The van der Waals surface area contributed by atoms with E-state index in [4.69, 9.17) is 28.3 Å². The minimum absolute atomic E-state index is 0.134. The van der Waals surface area contributed by atoms with Gasteiger partial charge in [-0.2, -0.15) is 0 Å². The van der Waals surface area contributed by atoms with Crippen molar-refractivity contribution in [2.45, 2.75) is 17.3 Å². The highest BCUT2D eigenvalue weighted by atomic mass is 35.5. The molecule has 2 aromatic rings. The van der Waals surface area contributed by atoms with E-state index in [0.29, 0.717) is 29.1 Å². The molecule has 0 saturated heterocycles. The first kappa shape index (κ1) is 19.0. The number of nitrogens with zero attached hydrogens (tertiary/aromatic N) is 1. The van der Waals surface area contributed by atoms with Crippen molar-refractivity contribution in [1.29, 1.82) is 0 Å². The van der Waals surface area contributed by atoms with E-state index in [1.807, 2.05) is 6.07 Å². The summed E-state index contributed by atoms with van der Waals surface area (Å²) < 4.78 is 22.7. The minimum Gasteiger partial charge on any atom is -0.352 e. The third-order valence-electron chi connectivity index (χ3n) is 3.03. The molecule has 0 aliphatic heterocycles. The molecule has 24 heavy (non-hydrogen) atoms. The number of rotatable bonds is 5. The van der Waals surface area contributed by atoms with Crippen molar-refractivity contribution in [2.24, 2.45) is 10.1 Å². The Morgan fingerprint density at radius 1 is 1.21 bits per heavy atom. The monoisotopic (exact) mass is 406 g/mol. The van der Waals surface area contributed by atoms with Crippen molar-refractivity contribution in [3.8, 4) is 0 Å². The number of halogens is 2. The highest BCUT2D eigenvalue weighted by Gasteiger charge is 2.11. The lowest BCUT2D eigenvalue weighted by atomic mass is 10.2. The van der Waals surface area contributed by atoms with Gasteiger partial charge in [0.1, 0.15) is 4.21 Å². The lowest BCUT2D eigenvalue weighted by Crippen LogP contribution is -2.36. The number of benzene rings is 1. The Hall–Kier alpha value is -1.32. The van der Waals surface area contributed by atoms with Crippen LogP contribution in [-0.2, 0) is 23.1 Å². The predicted molar refractivity (Wildman–Crippen MR) is 99.2 cm³/mol. The van der Waals surface area contributed by atoms with Gasteiger partial charge < -0.3 is 10.6 Å². The third kappa shape index (κ3) is 5.35. The zero-order chi connectivity index (χ0) is 17.7. The SMILES string of the molecule is CN=C(NCc1ccc(S(N)(=O)=O)s1)NCc1ccc(Cl)cc1Cl. The second-order valence-electron chi connectivity index (χ2n) is 4.78. The second-order valence-corrected chi connectivity index (χ2v) is 8.58. The maximum absolute atomic E-state index is 11.3. The first-order valence-corrected chi connectivity index (χ1v) is 9.91. The molecule has 2 rings (SSSR count). The largest absolute Gasteiger partial charge is 0.352 e. The zero-order valence-electron chi connectivity index (χ0n) is 12.7. The molecular formula is C14H16Cl2N4O2S2. The van der Waals surface area contributed by atoms with Crippen LogP contribution >= 0.6 is 34.5 Å². The maximum atomic E-state index is 11.3. The van der Waals surface area contributed by atoms with Gasteiger partial charge in [-0.3, -0.25) is 4.99 Å². The normalized spacial score (nSPS) is 12.2. The lowest BCUT2D eigenvalue weighted by Gasteiger charge is -2.12. The molecule has 130 valence electrons. The second kappa shape index (κ2) is 8.17.